The van der Waals surface area contributed by atoms with Gasteiger partial charge in [0.1, 0.15) is 0 Å². The number of aldehydes is 1. The number of hydrogen-bond acceptors (Lipinski definition) is 1. The average molecular weight is 291 g/mol. The number of benzene rings is 2. The molecular formula is C20H21NO. The highest BCUT2D eigenvalue weighted by molar-refractivity contribution is 6.04. The Bertz CT molecular complexity index is 850. The van der Waals surface area contributed by atoms with Crippen LogP contribution in [0.2, 0.25) is 0 Å². The van der Waals surface area contributed by atoms with E-state index in [1.54, 1.807) is 0 Å². The van der Waals surface area contributed by atoms with Gasteiger partial charge in [0.15, 0.2) is 6.29 Å². The van der Waals surface area contributed by atoms with Crippen LogP contribution in [0.5, 0.6) is 0 Å². The van der Waals surface area contributed by atoms with E-state index in [2.05, 4.69) is 63.0 Å². The minimum Gasteiger partial charge on any atom is -0.354 e. The molecule has 2 aromatic carbocycles. The number of H-pyrrole nitrogens is 1. The van der Waals surface area contributed by atoms with Crippen LogP contribution in [-0.2, 0) is 5.41 Å². The van der Waals surface area contributed by atoms with E-state index in [0.29, 0.717) is 0 Å². The number of aromatic amines is 1. The molecule has 2 heteroatoms. The maximum atomic E-state index is 11.7. The van der Waals surface area contributed by atoms with Crippen molar-refractivity contribution in [1.82, 2.24) is 4.98 Å². The van der Waals surface area contributed by atoms with Gasteiger partial charge in [-0.05, 0) is 41.7 Å². The second-order valence-corrected chi connectivity index (χ2v) is 6.91. The van der Waals surface area contributed by atoms with Crippen molar-refractivity contribution in [3.63, 3.8) is 0 Å². The molecule has 0 aliphatic carbocycles. The Morgan fingerprint density at radius 2 is 1.82 bits per heavy atom. The van der Waals surface area contributed by atoms with Crippen LogP contribution < -0.4 is 0 Å². The number of aryl methyl sites for hydroxylation is 1. The van der Waals surface area contributed by atoms with Gasteiger partial charge in [-0.3, -0.25) is 4.79 Å². The van der Waals surface area contributed by atoms with Gasteiger partial charge in [0.05, 0.1) is 5.69 Å². The zero-order chi connectivity index (χ0) is 15.9. The van der Waals surface area contributed by atoms with E-state index in [1.807, 2.05) is 12.1 Å². The van der Waals surface area contributed by atoms with Crippen LogP contribution in [0, 0.1) is 6.92 Å². The summed E-state index contributed by atoms with van der Waals surface area (Å²) in [5.74, 6) is 0. The molecule has 0 atom stereocenters. The van der Waals surface area contributed by atoms with Crippen molar-refractivity contribution in [3.05, 3.63) is 59.2 Å². The van der Waals surface area contributed by atoms with Crippen LogP contribution in [-0.4, -0.2) is 11.3 Å². The normalized spacial score (nSPS) is 11.8. The first-order chi connectivity index (χ1) is 10.4. The third-order valence-electron chi connectivity index (χ3n) is 4.13. The maximum Gasteiger partial charge on any atom is 0.152 e. The summed E-state index contributed by atoms with van der Waals surface area (Å²) in [6.07, 6.45) is 0.961. The molecule has 0 saturated carbocycles. The molecular weight excluding hydrogens is 270 g/mol. The van der Waals surface area contributed by atoms with Crippen LogP contribution in [0.1, 0.15) is 42.3 Å². The smallest absolute Gasteiger partial charge is 0.152 e. The molecule has 2 nitrogen and oxygen atoms in total. The zero-order valence-corrected chi connectivity index (χ0v) is 13.5. The quantitative estimate of drug-likeness (QED) is 0.642. The molecule has 1 aromatic heterocycles. The molecule has 0 radical (unpaired) electrons. The topological polar surface area (TPSA) is 32.9 Å². The highest BCUT2D eigenvalue weighted by atomic mass is 16.1. The lowest BCUT2D eigenvalue weighted by molar-refractivity contribution is 0.112. The largest absolute Gasteiger partial charge is 0.354 e. The van der Waals surface area contributed by atoms with Gasteiger partial charge in [-0.25, -0.2) is 0 Å². The van der Waals surface area contributed by atoms with E-state index in [1.165, 1.54) is 11.1 Å². The van der Waals surface area contributed by atoms with Crippen LogP contribution >= 0.6 is 0 Å². The summed E-state index contributed by atoms with van der Waals surface area (Å²) >= 11 is 0. The SMILES string of the molecule is Cc1cccc(-c2[nH]c3ccc(C(C)(C)C)cc3c2C=O)c1. The minimum atomic E-state index is 0.0646. The number of nitrogens with one attached hydrogen (secondary N) is 1. The molecule has 1 heterocycles. The van der Waals surface area contributed by atoms with Crippen LogP contribution in [0.4, 0.5) is 0 Å². The van der Waals surface area contributed by atoms with Crippen LogP contribution in [0.25, 0.3) is 22.2 Å². The van der Waals surface area contributed by atoms with E-state index in [0.717, 1.165) is 34.0 Å². The van der Waals surface area contributed by atoms with Crippen molar-refractivity contribution < 1.29 is 4.79 Å². The summed E-state index contributed by atoms with van der Waals surface area (Å²) in [5.41, 5.74) is 6.18. The lowest BCUT2D eigenvalue weighted by atomic mass is 9.86. The lowest BCUT2D eigenvalue weighted by Gasteiger charge is -2.18. The Morgan fingerprint density at radius 3 is 2.45 bits per heavy atom. The third-order valence-corrected chi connectivity index (χ3v) is 4.13. The number of fused-ring (bicyclic) bond motifs is 1. The number of aromatic nitrogens is 1. The molecule has 0 spiro atoms. The van der Waals surface area contributed by atoms with Crippen molar-refractivity contribution in [2.75, 3.05) is 0 Å². The number of hydrogen-bond donors (Lipinski definition) is 1. The first-order valence-electron chi connectivity index (χ1n) is 7.58. The lowest BCUT2D eigenvalue weighted by Crippen LogP contribution is -2.10. The summed E-state index contributed by atoms with van der Waals surface area (Å²) < 4.78 is 0. The van der Waals surface area contributed by atoms with Crippen LogP contribution in [0.15, 0.2) is 42.5 Å². The maximum absolute atomic E-state index is 11.7. The van der Waals surface area contributed by atoms with Gasteiger partial charge in [-0.1, -0.05) is 50.6 Å². The second-order valence-electron chi connectivity index (χ2n) is 6.91. The molecule has 112 valence electrons. The zero-order valence-electron chi connectivity index (χ0n) is 13.5. The molecule has 0 saturated heterocycles. The summed E-state index contributed by atoms with van der Waals surface area (Å²) in [6, 6.07) is 14.6. The number of carbonyl (C=O) groups is 1. The van der Waals surface area contributed by atoms with Gasteiger partial charge < -0.3 is 4.98 Å². The van der Waals surface area contributed by atoms with Gasteiger partial charge in [0.2, 0.25) is 0 Å². The van der Waals surface area contributed by atoms with E-state index in [9.17, 15) is 4.79 Å². The minimum absolute atomic E-state index is 0.0646. The fourth-order valence-electron chi connectivity index (χ4n) is 2.83. The fourth-order valence-corrected chi connectivity index (χ4v) is 2.83. The number of carbonyl (C=O) groups excluding carboxylic acids is 1. The van der Waals surface area contributed by atoms with Gasteiger partial charge in [0.25, 0.3) is 0 Å². The van der Waals surface area contributed by atoms with E-state index < -0.39 is 0 Å². The molecule has 0 fully saturated rings. The molecule has 0 amide bonds. The molecule has 1 N–H and O–H groups in total. The Kier molecular flexibility index (Phi) is 3.40. The standard InChI is InChI=1S/C20H21NO/c1-13-6-5-7-14(10-13)19-17(12-22)16-11-15(20(2,3)4)8-9-18(16)21-19/h5-12,21H,1-4H3. The molecule has 0 aliphatic rings. The van der Waals surface area contributed by atoms with Crippen molar-refractivity contribution >= 4 is 17.2 Å². The summed E-state index contributed by atoms with van der Waals surface area (Å²) in [4.78, 5) is 15.1. The predicted molar refractivity (Wildman–Crippen MR) is 92.6 cm³/mol. The first-order valence-corrected chi connectivity index (χ1v) is 7.58. The van der Waals surface area contributed by atoms with Crippen LogP contribution in [0.3, 0.4) is 0 Å². The Morgan fingerprint density at radius 1 is 1.05 bits per heavy atom. The van der Waals surface area contributed by atoms with E-state index >= 15 is 0 Å². The average Bonchev–Trinajstić information content (AvgIpc) is 2.83. The van der Waals surface area contributed by atoms with E-state index in [-0.39, 0.29) is 5.41 Å². The molecule has 3 aromatic rings. The Hall–Kier alpha value is -2.35. The molecule has 3 rings (SSSR count). The van der Waals surface area contributed by atoms with Crippen molar-refractivity contribution in [2.24, 2.45) is 0 Å². The highest BCUT2D eigenvalue weighted by Gasteiger charge is 2.18. The van der Waals surface area contributed by atoms with Crippen molar-refractivity contribution in [3.8, 4) is 11.3 Å². The van der Waals surface area contributed by atoms with E-state index in [4.69, 9.17) is 0 Å². The molecule has 22 heavy (non-hydrogen) atoms. The Labute approximate surface area is 131 Å². The summed E-state index contributed by atoms with van der Waals surface area (Å²) in [5, 5.41) is 0.999. The number of rotatable bonds is 2. The van der Waals surface area contributed by atoms with Gasteiger partial charge in [-0.2, -0.15) is 0 Å². The fraction of sp³-hybridized carbons (Fsp3) is 0.250. The molecule has 0 bridgehead atoms. The Balaban J connectivity index is 2.27. The monoisotopic (exact) mass is 291 g/mol. The summed E-state index contributed by atoms with van der Waals surface area (Å²) in [7, 11) is 0. The summed E-state index contributed by atoms with van der Waals surface area (Å²) in [6.45, 7) is 8.61. The van der Waals surface area contributed by atoms with Crippen molar-refractivity contribution in [2.45, 2.75) is 33.1 Å². The highest BCUT2D eigenvalue weighted by Crippen LogP contribution is 2.32. The third kappa shape index (κ3) is 2.45. The van der Waals surface area contributed by atoms with Crippen molar-refractivity contribution in [1.29, 1.82) is 0 Å². The second kappa shape index (κ2) is 5.13. The van der Waals surface area contributed by atoms with Gasteiger partial charge in [0, 0.05) is 16.5 Å². The predicted octanol–water partition coefficient (Wildman–Crippen LogP) is 5.25. The molecule has 0 aliphatic heterocycles. The first kappa shape index (κ1) is 14.6. The molecule has 0 unspecified atom stereocenters. The van der Waals surface area contributed by atoms with Gasteiger partial charge >= 0.3 is 0 Å². The van der Waals surface area contributed by atoms with Gasteiger partial charge in [-0.15, -0.1) is 0 Å².